The van der Waals surface area contributed by atoms with Gasteiger partial charge in [-0.15, -0.1) is 6.58 Å². The standard InChI is InChI=1S/C20H38BNO3.C14H25NO.2C8H17BN2O4.C6H12BO2.CH4/c1-17(2,3)22-16(23)20(8)12-9-10-15(14-20)11-13-21-24-18(4,5)19(6,7)25-21;1-6-11-8-7-9-14(5,10-11)12(16)15-13(2,3)4;2*10-8(7(12)13)3-6(4-11-5-8)1-2-9(14)15;1-5(2)6(3,4)9-7-8-5;/h15H,9-14H2,1-8H3,(H,22,23);6,11H,1,7-10H2,2-5H3,(H,15,16);2*6,11,14-15H,1-5,10H2,(H,12,13);1-4H3;1H4/t15-,20-;11-,14+;2*6-,8-;;/m1011../s1. The third-order valence-electron chi connectivity index (χ3n) is 17.3. The van der Waals surface area contributed by atoms with E-state index >= 15 is 0 Å². The molecule has 0 aromatic rings. The van der Waals surface area contributed by atoms with Gasteiger partial charge in [0.15, 0.2) is 0 Å². The second-order valence-electron chi connectivity index (χ2n) is 28.6. The summed E-state index contributed by atoms with van der Waals surface area (Å²) >= 11 is 0. The predicted molar refractivity (Wildman–Crippen MR) is 325 cm³/mol. The molecule has 14 N–H and O–H groups in total. The molecule has 20 nitrogen and oxygen atoms in total. The molecule has 2 saturated carbocycles. The van der Waals surface area contributed by atoms with Crippen molar-refractivity contribution in [3.63, 3.8) is 0 Å². The molecule has 1 radical (unpaired) electrons. The number of nitrogens with two attached hydrogens (primary N) is 2. The SMILES string of the molecule is C.C=C[C@H]1CCC[C@@](C)(C(=O)NC(C)(C)C)C1.CC(C)(C)NC(=O)[C@]1(C)CCC[C@H](CCB2OC(C)(C)C(C)(C)O2)C1.CC1(C)O[B]OC1(C)C.N[C@@]1(C(=O)O)CNC[C@H](CCB(O)O)C1.N[C@@]1(C(=O)O)CNC[C@H](CCB(O)O)C1. The molecule has 6 fully saturated rings. The highest BCUT2D eigenvalue weighted by molar-refractivity contribution is 6.45. The lowest BCUT2D eigenvalue weighted by Gasteiger charge is -2.39. The van der Waals surface area contributed by atoms with Crippen molar-refractivity contribution in [1.29, 1.82) is 0 Å². The van der Waals surface area contributed by atoms with E-state index in [0.717, 1.165) is 51.3 Å². The van der Waals surface area contributed by atoms with Crippen molar-refractivity contribution in [3.8, 4) is 0 Å². The molecular formula is C57H113B4N6O14. The van der Waals surface area contributed by atoms with Gasteiger partial charge in [-0.2, -0.15) is 0 Å². The molecule has 0 aromatic carbocycles. The van der Waals surface area contributed by atoms with Gasteiger partial charge in [0.2, 0.25) is 11.8 Å². The van der Waals surface area contributed by atoms with Crippen LogP contribution in [0.3, 0.4) is 0 Å². The van der Waals surface area contributed by atoms with Gasteiger partial charge in [0.25, 0.3) is 0 Å². The summed E-state index contributed by atoms with van der Waals surface area (Å²) in [7, 11) is -1.37. The fraction of sp³-hybridized carbons (Fsp3) is 0.895. The van der Waals surface area contributed by atoms with Crippen LogP contribution in [-0.4, -0.2) is 154 Å². The largest absolute Gasteiger partial charge is 0.488 e. The molecule has 2 amide bonds. The maximum Gasteiger partial charge on any atom is 0.488 e. The average Bonchev–Trinajstić information content (AvgIpc) is 3.74. The van der Waals surface area contributed by atoms with E-state index in [2.05, 4.69) is 69.4 Å². The van der Waals surface area contributed by atoms with E-state index in [1.54, 1.807) is 0 Å². The molecule has 0 spiro atoms. The van der Waals surface area contributed by atoms with Gasteiger partial charge in [0, 0.05) is 35.0 Å². The number of carboxylic acid groups (broad SMARTS) is 2. The molecular weight excluding hydrogens is 1040 g/mol. The van der Waals surface area contributed by atoms with Crippen LogP contribution in [0.5, 0.6) is 0 Å². The summed E-state index contributed by atoms with van der Waals surface area (Å²) in [4.78, 5) is 46.8. The van der Waals surface area contributed by atoms with E-state index < -0.39 is 37.3 Å². The van der Waals surface area contributed by atoms with Gasteiger partial charge in [-0.25, -0.2) is 0 Å². The van der Waals surface area contributed by atoms with E-state index in [1.165, 1.54) is 20.5 Å². The first-order chi connectivity index (χ1) is 36.3. The van der Waals surface area contributed by atoms with Gasteiger partial charge in [0.1, 0.15) is 11.1 Å². The molecule has 4 aliphatic heterocycles. The lowest BCUT2D eigenvalue weighted by atomic mass is 9.67. The molecule has 2 aliphatic carbocycles. The van der Waals surface area contributed by atoms with Gasteiger partial charge in [-0.1, -0.05) is 65.9 Å². The van der Waals surface area contributed by atoms with E-state index in [0.29, 0.717) is 50.6 Å². The summed E-state index contributed by atoms with van der Waals surface area (Å²) in [5.41, 5.74) is 7.34. The quantitative estimate of drug-likeness (QED) is 0.0690. The van der Waals surface area contributed by atoms with Crippen LogP contribution in [0.25, 0.3) is 0 Å². The zero-order chi connectivity index (χ0) is 61.6. The number of carbonyl (C=O) groups excluding carboxylic acids is 2. The Balaban J connectivity index is 0.000000522. The number of hydrogen-bond acceptors (Lipinski definition) is 16. The van der Waals surface area contributed by atoms with Crippen LogP contribution < -0.4 is 32.7 Å². The predicted octanol–water partition coefficient (Wildman–Crippen LogP) is 6.11. The zero-order valence-corrected chi connectivity index (χ0v) is 52.1. The first-order valence-corrected chi connectivity index (χ1v) is 29.3. The summed E-state index contributed by atoms with van der Waals surface area (Å²) in [6, 6.07) is 0. The minimum absolute atomic E-state index is 0. The minimum atomic E-state index is -1.33. The van der Waals surface area contributed by atoms with Crippen LogP contribution in [0.1, 0.15) is 202 Å². The molecule has 81 heavy (non-hydrogen) atoms. The Bertz CT molecular complexity index is 1910. The lowest BCUT2D eigenvalue weighted by Crippen LogP contribution is -2.60. The number of aliphatic carboxylic acids is 2. The van der Waals surface area contributed by atoms with Crippen LogP contribution in [0.2, 0.25) is 19.0 Å². The van der Waals surface area contributed by atoms with E-state index in [9.17, 15) is 19.2 Å². The van der Waals surface area contributed by atoms with Crippen molar-refractivity contribution in [3.05, 3.63) is 12.7 Å². The Labute approximate surface area is 490 Å². The maximum absolute atomic E-state index is 12.8. The van der Waals surface area contributed by atoms with Crippen molar-refractivity contribution >= 4 is 52.8 Å². The molecule has 0 unspecified atom stereocenters. The van der Waals surface area contributed by atoms with Gasteiger partial charge in [-0.05, 0) is 198 Å². The highest BCUT2D eigenvalue weighted by Gasteiger charge is 2.51. The smallest absolute Gasteiger partial charge is 0.480 e. The number of hydrogen-bond donors (Lipinski definition) is 12. The van der Waals surface area contributed by atoms with E-state index in [4.69, 9.17) is 60.4 Å². The van der Waals surface area contributed by atoms with E-state index in [1.807, 2.05) is 75.3 Å². The second kappa shape index (κ2) is 31.2. The van der Waals surface area contributed by atoms with Crippen molar-refractivity contribution in [2.24, 2.45) is 46.0 Å². The lowest BCUT2D eigenvalue weighted by molar-refractivity contribution is -0.145. The molecule has 4 heterocycles. The Hall–Kier alpha value is -2.60. The Morgan fingerprint density at radius 3 is 1.35 bits per heavy atom. The Morgan fingerprint density at radius 1 is 0.630 bits per heavy atom. The van der Waals surface area contributed by atoms with Crippen LogP contribution in [0.15, 0.2) is 12.7 Å². The molecule has 6 rings (SSSR count). The van der Waals surface area contributed by atoms with Crippen molar-refractivity contribution < 1.29 is 68.1 Å². The number of nitrogens with one attached hydrogen (secondary N) is 4. The number of carbonyl (C=O) groups is 4. The van der Waals surface area contributed by atoms with Crippen LogP contribution >= 0.6 is 0 Å². The summed E-state index contributed by atoms with van der Waals surface area (Å²) in [5.74, 6) is -0.364. The molecule has 24 heteroatoms. The topological polar surface area (TPSA) is 327 Å². The van der Waals surface area contributed by atoms with Crippen molar-refractivity contribution in [2.45, 2.75) is 265 Å². The van der Waals surface area contributed by atoms with Gasteiger partial charge in [-0.3, -0.25) is 19.2 Å². The van der Waals surface area contributed by atoms with Gasteiger partial charge < -0.3 is 81.7 Å². The summed E-state index contributed by atoms with van der Waals surface area (Å²) in [5, 5.41) is 64.9. The number of amides is 2. The number of piperidine rings is 2. The fourth-order valence-electron chi connectivity index (χ4n) is 10.8. The molecule has 467 valence electrons. The highest BCUT2D eigenvalue weighted by Crippen LogP contribution is 2.44. The monoisotopic (exact) mass is 1150 g/mol. The Morgan fingerprint density at radius 2 is 1.01 bits per heavy atom. The normalized spacial score (nSPS) is 30.8. The highest BCUT2D eigenvalue weighted by atomic mass is 16.7. The average molecular weight is 1150 g/mol. The van der Waals surface area contributed by atoms with Crippen molar-refractivity contribution in [2.75, 3.05) is 26.2 Å². The summed E-state index contributed by atoms with van der Waals surface area (Å²) < 4.78 is 22.7. The summed E-state index contributed by atoms with van der Waals surface area (Å²) in [6.45, 7) is 38.6. The molecule has 0 bridgehead atoms. The molecule has 6 aliphatic rings. The van der Waals surface area contributed by atoms with Crippen molar-refractivity contribution in [1.82, 2.24) is 21.3 Å². The minimum Gasteiger partial charge on any atom is -0.480 e. The Kier molecular flexibility index (Phi) is 29.4. The number of allylic oxidation sites excluding steroid dienone is 1. The number of carboxylic acids is 2. The molecule has 8 atom stereocenters. The third kappa shape index (κ3) is 25.1. The molecule has 0 aromatic heterocycles. The van der Waals surface area contributed by atoms with Crippen LogP contribution in [0, 0.1) is 34.5 Å². The molecule has 4 saturated heterocycles. The van der Waals surface area contributed by atoms with Gasteiger partial charge in [0.05, 0.1) is 22.4 Å². The summed E-state index contributed by atoms with van der Waals surface area (Å²) in [6.07, 6.45) is 14.9. The number of rotatable bonds is 14. The second-order valence-corrected chi connectivity index (χ2v) is 28.6. The van der Waals surface area contributed by atoms with Gasteiger partial charge >= 0.3 is 41.0 Å². The van der Waals surface area contributed by atoms with Crippen LogP contribution in [0.4, 0.5) is 0 Å². The zero-order valence-electron chi connectivity index (χ0n) is 52.1. The maximum atomic E-state index is 12.8. The van der Waals surface area contributed by atoms with Crippen LogP contribution in [-0.2, 0) is 37.8 Å². The fourth-order valence-corrected chi connectivity index (χ4v) is 10.8. The first kappa shape index (κ1) is 76.4. The first-order valence-electron chi connectivity index (χ1n) is 29.3. The van der Waals surface area contributed by atoms with E-state index in [-0.39, 0.29) is 108 Å². The third-order valence-corrected chi connectivity index (χ3v) is 17.3.